The van der Waals surface area contributed by atoms with Crippen molar-refractivity contribution < 1.29 is 5.11 Å². The second-order valence-corrected chi connectivity index (χ2v) is 4.31. The first-order valence-corrected chi connectivity index (χ1v) is 5.09. The number of aliphatic hydroxyl groups excluding tert-OH is 1. The predicted molar refractivity (Wildman–Crippen MR) is 56.7 cm³/mol. The topological polar surface area (TPSA) is 49.5 Å². The summed E-state index contributed by atoms with van der Waals surface area (Å²) < 4.78 is 0. The second kappa shape index (κ2) is 6.35. The molecule has 0 rings (SSSR count). The van der Waals surface area contributed by atoms with E-state index >= 15 is 0 Å². The molecule has 0 fully saturated rings. The van der Waals surface area contributed by atoms with E-state index in [2.05, 4.69) is 25.7 Å². The maximum absolute atomic E-state index is 8.71. The Morgan fingerprint density at radius 3 is 2.38 bits per heavy atom. The van der Waals surface area contributed by atoms with Gasteiger partial charge in [0.05, 0.1) is 0 Å². The average molecular weight is 188 g/mol. The summed E-state index contributed by atoms with van der Waals surface area (Å²) in [5.41, 5.74) is 5.85. The fraction of sp³-hybridized carbons (Fsp3) is 1.00. The van der Waals surface area contributed by atoms with Crippen LogP contribution in [0.2, 0.25) is 0 Å². The number of hydrogen-bond acceptors (Lipinski definition) is 3. The highest BCUT2D eigenvalue weighted by Crippen LogP contribution is 2.14. The molecular formula is C10H24N2O. The highest BCUT2D eigenvalue weighted by molar-refractivity contribution is 4.74. The van der Waals surface area contributed by atoms with Gasteiger partial charge in [-0.2, -0.15) is 0 Å². The molecule has 3 heteroatoms. The van der Waals surface area contributed by atoms with E-state index in [9.17, 15) is 0 Å². The minimum Gasteiger partial charge on any atom is -0.396 e. The Labute approximate surface area is 81.9 Å². The molecule has 0 saturated heterocycles. The Morgan fingerprint density at radius 2 is 2.00 bits per heavy atom. The van der Waals surface area contributed by atoms with E-state index in [-0.39, 0.29) is 12.0 Å². The Balaban J connectivity index is 3.82. The van der Waals surface area contributed by atoms with E-state index < -0.39 is 0 Å². The maximum atomic E-state index is 8.71. The van der Waals surface area contributed by atoms with Crippen LogP contribution in [0.3, 0.4) is 0 Å². The van der Waals surface area contributed by atoms with Crippen LogP contribution in [-0.4, -0.2) is 42.8 Å². The van der Waals surface area contributed by atoms with Gasteiger partial charge in [0.15, 0.2) is 0 Å². The van der Waals surface area contributed by atoms with E-state index in [1.165, 1.54) is 0 Å². The minimum atomic E-state index is 0.186. The molecule has 3 nitrogen and oxygen atoms in total. The minimum absolute atomic E-state index is 0.186. The van der Waals surface area contributed by atoms with Crippen LogP contribution < -0.4 is 5.73 Å². The summed E-state index contributed by atoms with van der Waals surface area (Å²) in [7, 11) is 0. The van der Waals surface area contributed by atoms with Crippen molar-refractivity contribution >= 4 is 0 Å². The zero-order chi connectivity index (χ0) is 10.3. The van der Waals surface area contributed by atoms with Gasteiger partial charge in [-0.3, -0.25) is 0 Å². The molecule has 0 heterocycles. The molecule has 0 aliphatic carbocycles. The lowest BCUT2D eigenvalue weighted by atomic mass is 9.93. The Kier molecular flexibility index (Phi) is 6.29. The van der Waals surface area contributed by atoms with E-state index in [1.54, 1.807) is 0 Å². The van der Waals surface area contributed by atoms with Gasteiger partial charge in [-0.1, -0.05) is 20.8 Å². The standard InChI is InChI=1S/C10H24N2O/c1-4-12(6-5-7-13)9-10(2,3)8-11/h13H,4-9,11H2,1-3H3. The van der Waals surface area contributed by atoms with Crippen LogP contribution in [0.15, 0.2) is 0 Å². The average Bonchev–Trinajstić information content (AvgIpc) is 2.12. The number of nitrogens with two attached hydrogens (primary N) is 1. The lowest BCUT2D eigenvalue weighted by Crippen LogP contribution is -2.39. The Morgan fingerprint density at radius 1 is 1.38 bits per heavy atom. The van der Waals surface area contributed by atoms with Gasteiger partial charge in [-0.05, 0) is 24.9 Å². The molecule has 0 aliphatic rings. The Bertz CT molecular complexity index is 126. The quantitative estimate of drug-likeness (QED) is 0.617. The summed E-state index contributed by atoms with van der Waals surface area (Å²) >= 11 is 0. The zero-order valence-electron chi connectivity index (χ0n) is 9.21. The van der Waals surface area contributed by atoms with E-state index in [0.29, 0.717) is 6.54 Å². The largest absolute Gasteiger partial charge is 0.396 e. The normalized spacial score (nSPS) is 12.5. The predicted octanol–water partition coefficient (Wildman–Crippen LogP) is 0.676. The molecule has 0 saturated carbocycles. The summed E-state index contributed by atoms with van der Waals surface area (Å²) in [4.78, 5) is 2.34. The molecule has 0 spiro atoms. The van der Waals surface area contributed by atoms with Gasteiger partial charge in [-0.15, -0.1) is 0 Å². The highest BCUT2D eigenvalue weighted by atomic mass is 16.3. The third kappa shape index (κ3) is 6.02. The maximum Gasteiger partial charge on any atom is 0.0443 e. The summed E-state index contributed by atoms with van der Waals surface area (Å²) in [6.07, 6.45) is 0.856. The molecule has 0 atom stereocenters. The van der Waals surface area contributed by atoms with Gasteiger partial charge >= 0.3 is 0 Å². The second-order valence-electron chi connectivity index (χ2n) is 4.31. The molecule has 0 radical (unpaired) electrons. The fourth-order valence-electron chi connectivity index (χ4n) is 1.31. The van der Waals surface area contributed by atoms with Gasteiger partial charge in [-0.25, -0.2) is 0 Å². The van der Waals surface area contributed by atoms with Crippen LogP contribution in [0.25, 0.3) is 0 Å². The van der Waals surface area contributed by atoms with Crippen LogP contribution >= 0.6 is 0 Å². The summed E-state index contributed by atoms with van der Waals surface area (Å²) in [6, 6.07) is 0. The molecule has 13 heavy (non-hydrogen) atoms. The lowest BCUT2D eigenvalue weighted by Gasteiger charge is -2.30. The molecular weight excluding hydrogens is 164 g/mol. The molecule has 0 aliphatic heterocycles. The van der Waals surface area contributed by atoms with Crippen LogP contribution in [0, 0.1) is 5.41 Å². The molecule has 0 aromatic heterocycles. The van der Waals surface area contributed by atoms with E-state index in [4.69, 9.17) is 10.8 Å². The molecule has 0 unspecified atom stereocenters. The SMILES string of the molecule is CCN(CCCO)CC(C)(C)CN. The first-order chi connectivity index (χ1) is 6.05. The van der Waals surface area contributed by atoms with Crippen LogP contribution in [-0.2, 0) is 0 Å². The molecule has 0 aromatic carbocycles. The van der Waals surface area contributed by atoms with Crippen molar-refractivity contribution in [3.05, 3.63) is 0 Å². The van der Waals surface area contributed by atoms with Crippen LogP contribution in [0.5, 0.6) is 0 Å². The summed E-state index contributed by atoms with van der Waals surface area (Å²) in [5, 5.41) is 8.71. The first kappa shape index (κ1) is 12.9. The molecule has 3 N–H and O–H groups in total. The molecule has 0 amide bonds. The van der Waals surface area contributed by atoms with Crippen LogP contribution in [0.1, 0.15) is 27.2 Å². The monoisotopic (exact) mass is 188 g/mol. The third-order valence-electron chi connectivity index (χ3n) is 2.28. The number of hydrogen-bond donors (Lipinski definition) is 2. The van der Waals surface area contributed by atoms with Crippen molar-refractivity contribution in [2.24, 2.45) is 11.1 Å². The van der Waals surface area contributed by atoms with Crippen molar-refractivity contribution in [3.63, 3.8) is 0 Å². The van der Waals surface area contributed by atoms with Gasteiger partial charge in [0.1, 0.15) is 0 Å². The van der Waals surface area contributed by atoms with Gasteiger partial charge in [0, 0.05) is 19.7 Å². The summed E-state index contributed by atoms with van der Waals surface area (Å²) in [5.74, 6) is 0. The smallest absolute Gasteiger partial charge is 0.0443 e. The van der Waals surface area contributed by atoms with Crippen molar-refractivity contribution in [2.75, 3.05) is 32.8 Å². The van der Waals surface area contributed by atoms with E-state index in [1.807, 2.05) is 0 Å². The van der Waals surface area contributed by atoms with Crippen molar-refractivity contribution in [2.45, 2.75) is 27.2 Å². The Hall–Kier alpha value is -0.120. The number of aliphatic hydroxyl groups is 1. The summed E-state index contributed by atoms with van der Waals surface area (Å²) in [6.45, 7) is 10.5. The van der Waals surface area contributed by atoms with E-state index in [0.717, 1.165) is 26.1 Å². The fourth-order valence-corrected chi connectivity index (χ4v) is 1.31. The number of rotatable bonds is 7. The lowest BCUT2D eigenvalue weighted by molar-refractivity contribution is 0.172. The molecule has 0 bridgehead atoms. The van der Waals surface area contributed by atoms with Gasteiger partial charge in [0.2, 0.25) is 0 Å². The zero-order valence-corrected chi connectivity index (χ0v) is 9.21. The molecule has 0 aromatic rings. The van der Waals surface area contributed by atoms with Crippen molar-refractivity contribution in [1.82, 2.24) is 4.90 Å². The van der Waals surface area contributed by atoms with Gasteiger partial charge < -0.3 is 15.7 Å². The molecule has 80 valence electrons. The third-order valence-corrected chi connectivity index (χ3v) is 2.28. The van der Waals surface area contributed by atoms with Gasteiger partial charge in [0.25, 0.3) is 0 Å². The van der Waals surface area contributed by atoms with Crippen molar-refractivity contribution in [3.8, 4) is 0 Å². The van der Waals surface area contributed by atoms with Crippen molar-refractivity contribution in [1.29, 1.82) is 0 Å². The van der Waals surface area contributed by atoms with Crippen LogP contribution in [0.4, 0.5) is 0 Å². The first-order valence-electron chi connectivity index (χ1n) is 5.09. The number of nitrogens with zero attached hydrogens (tertiary/aromatic N) is 1. The highest BCUT2D eigenvalue weighted by Gasteiger charge is 2.18.